The van der Waals surface area contributed by atoms with Crippen molar-refractivity contribution in [2.75, 3.05) is 11.6 Å². The number of aromatic nitrogens is 4. The third kappa shape index (κ3) is 1.83. The van der Waals surface area contributed by atoms with Crippen molar-refractivity contribution >= 4 is 34.5 Å². The fourth-order valence-corrected chi connectivity index (χ4v) is 3.38. The summed E-state index contributed by atoms with van der Waals surface area (Å²) in [5.74, 6) is 1.34. The molecule has 2 aromatic rings. The topological polar surface area (TPSA) is 61.8 Å². The minimum atomic E-state index is -0.329. The van der Waals surface area contributed by atoms with Gasteiger partial charge in [0, 0.05) is 31.8 Å². The molecule has 8 heteroatoms. The van der Waals surface area contributed by atoms with Gasteiger partial charge in [0.05, 0.1) is 0 Å². The molecule has 3 rings (SSSR count). The van der Waals surface area contributed by atoms with Crippen molar-refractivity contribution in [2.24, 2.45) is 7.05 Å². The predicted molar refractivity (Wildman–Crippen MR) is 75.3 cm³/mol. The van der Waals surface area contributed by atoms with Gasteiger partial charge in [0.2, 0.25) is 0 Å². The van der Waals surface area contributed by atoms with Crippen LogP contribution in [0.2, 0.25) is 0 Å². The summed E-state index contributed by atoms with van der Waals surface area (Å²) >= 11 is 7.25. The Bertz CT molecular complexity index is 761. The normalized spacial score (nSPS) is 14.2. The Kier molecular flexibility index (Phi) is 3.18. The van der Waals surface area contributed by atoms with Crippen molar-refractivity contribution in [3.63, 3.8) is 0 Å². The number of aryl methyl sites for hydroxylation is 2. The van der Waals surface area contributed by atoms with Crippen LogP contribution < -0.4 is 11.2 Å². The van der Waals surface area contributed by atoms with Gasteiger partial charge in [-0.1, -0.05) is 11.8 Å². The lowest BCUT2D eigenvalue weighted by Gasteiger charge is -2.07. The zero-order valence-electron chi connectivity index (χ0n) is 10.4. The summed E-state index contributed by atoms with van der Waals surface area (Å²) in [6.45, 7) is 1.11. The Hall–Kier alpha value is -1.21. The number of nitrogens with zero attached hydrogens (tertiary/aromatic N) is 4. The molecule has 0 N–H and O–H groups in total. The maximum atomic E-state index is 12.5. The standard InChI is InChI=1S/C11H13ClN4O2S/c1-14-8-7(15-5-6-19-10(15)13-8)9(17)16(11(14)18)4-2-3-12/h2-6H2,1H3. The number of hydrogen-bond donors (Lipinski definition) is 0. The van der Waals surface area contributed by atoms with Crippen LogP contribution in [0.1, 0.15) is 6.42 Å². The van der Waals surface area contributed by atoms with E-state index >= 15 is 0 Å². The van der Waals surface area contributed by atoms with Gasteiger partial charge in [0.25, 0.3) is 5.56 Å². The van der Waals surface area contributed by atoms with Gasteiger partial charge in [-0.25, -0.2) is 9.78 Å². The first-order chi connectivity index (χ1) is 9.15. The molecule has 0 saturated heterocycles. The van der Waals surface area contributed by atoms with Crippen LogP contribution in [-0.2, 0) is 20.1 Å². The molecule has 1 aliphatic rings. The quantitative estimate of drug-likeness (QED) is 0.780. The van der Waals surface area contributed by atoms with E-state index in [0.717, 1.165) is 17.5 Å². The highest BCUT2D eigenvalue weighted by Gasteiger charge is 2.23. The molecule has 0 unspecified atom stereocenters. The van der Waals surface area contributed by atoms with Gasteiger partial charge in [0.1, 0.15) is 0 Å². The van der Waals surface area contributed by atoms with Crippen LogP contribution in [0.4, 0.5) is 0 Å². The first-order valence-corrected chi connectivity index (χ1v) is 7.56. The molecule has 2 aromatic heterocycles. The molecular formula is C11H13ClN4O2S. The molecule has 0 saturated carbocycles. The molecule has 1 aliphatic heterocycles. The Labute approximate surface area is 118 Å². The van der Waals surface area contributed by atoms with Gasteiger partial charge in [-0.2, -0.15) is 0 Å². The fraction of sp³-hybridized carbons (Fsp3) is 0.545. The molecule has 0 fully saturated rings. The van der Waals surface area contributed by atoms with E-state index in [4.69, 9.17) is 11.6 Å². The number of fused-ring (bicyclic) bond motifs is 3. The van der Waals surface area contributed by atoms with Crippen molar-refractivity contribution in [1.29, 1.82) is 0 Å². The average Bonchev–Trinajstić information content (AvgIpc) is 2.96. The van der Waals surface area contributed by atoms with Crippen LogP contribution in [0.15, 0.2) is 14.7 Å². The third-order valence-electron chi connectivity index (χ3n) is 3.26. The van der Waals surface area contributed by atoms with Crippen molar-refractivity contribution in [1.82, 2.24) is 18.7 Å². The summed E-state index contributed by atoms with van der Waals surface area (Å²) in [4.78, 5) is 29.0. The van der Waals surface area contributed by atoms with Crippen molar-refractivity contribution in [2.45, 2.75) is 24.7 Å². The SMILES string of the molecule is Cn1c(=O)n(CCCCl)c(=O)c2c1nc1n2CCS1. The third-order valence-corrected chi connectivity index (χ3v) is 4.48. The zero-order chi connectivity index (χ0) is 13.6. The molecule has 0 aliphatic carbocycles. The molecule has 3 heterocycles. The minimum absolute atomic E-state index is 0.260. The van der Waals surface area contributed by atoms with Crippen LogP contribution in [-0.4, -0.2) is 30.3 Å². The summed E-state index contributed by atoms with van der Waals surface area (Å²) in [7, 11) is 1.65. The molecule has 0 spiro atoms. The van der Waals surface area contributed by atoms with E-state index in [1.165, 1.54) is 9.13 Å². The molecule has 102 valence electrons. The largest absolute Gasteiger partial charge is 0.332 e. The molecule has 0 atom stereocenters. The lowest BCUT2D eigenvalue weighted by atomic mass is 10.4. The lowest BCUT2D eigenvalue weighted by Crippen LogP contribution is -2.39. The van der Waals surface area contributed by atoms with Crippen molar-refractivity contribution < 1.29 is 0 Å². The van der Waals surface area contributed by atoms with E-state index in [-0.39, 0.29) is 11.2 Å². The van der Waals surface area contributed by atoms with Crippen molar-refractivity contribution in [3.8, 4) is 0 Å². The van der Waals surface area contributed by atoms with E-state index in [1.54, 1.807) is 18.8 Å². The Morgan fingerprint density at radius 2 is 2.21 bits per heavy atom. The van der Waals surface area contributed by atoms with Gasteiger partial charge in [-0.3, -0.25) is 13.9 Å². The highest BCUT2D eigenvalue weighted by molar-refractivity contribution is 7.99. The van der Waals surface area contributed by atoms with Gasteiger partial charge in [0.15, 0.2) is 16.3 Å². The Morgan fingerprint density at radius 3 is 2.95 bits per heavy atom. The summed E-state index contributed by atoms with van der Waals surface area (Å²) in [6.07, 6.45) is 0.595. The second-order valence-corrected chi connectivity index (χ2v) is 5.85. The molecule has 0 bridgehead atoms. The summed E-state index contributed by atoms with van der Waals surface area (Å²) < 4.78 is 4.60. The molecule has 0 radical (unpaired) electrons. The molecule has 19 heavy (non-hydrogen) atoms. The number of rotatable bonds is 3. The maximum Gasteiger partial charge on any atom is 0.332 e. The smallest absolute Gasteiger partial charge is 0.312 e. The molecular weight excluding hydrogens is 288 g/mol. The van der Waals surface area contributed by atoms with Crippen LogP contribution >= 0.6 is 23.4 Å². The summed E-state index contributed by atoms with van der Waals surface area (Å²) in [6, 6.07) is 0. The number of imidazole rings is 1. The highest BCUT2D eigenvalue weighted by Crippen LogP contribution is 2.27. The van der Waals surface area contributed by atoms with E-state index in [9.17, 15) is 9.59 Å². The second-order valence-electron chi connectivity index (χ2n) is 4.41. The average molecular weight is 301 g/mol. The van der Waals surface area contributed by atoms with E-state index in [0.29, 0.717) is 30.0 Å². The number of thioether (sulfide) groups is 1. The second kappa shape index (κ2) is 4.72. The van der Waals surface area contributed by atoms with E-state index in [1.807, 2.05) is 4.57 Å². The monoisotopic (exact) mass is 300 g/mol. The molecule has 0 amide bonds. The van der Waals surface area contributed by atoms with Gasteiger partial charge >= 0.3 is 5.69 Å². The van der Waals surface area contributed by atoms with E-state index in [2.05, 4.69) is 4.98 Å². The van der Waals surface area contributed by atoms with Gasteiger partial charge < -0.3 is 4.57 Å². The molecule has 0 aromatic carbocycles. The fourth-order valence-electron chi connectivity index (χ4n) is 2.31. The van der Waals surface area contributed by atoms with Gasteiger partial charge in [-0.15, -0.1) is 11.6 Å². The first-order valence-electron chi connectivity index (χ1n) is 6.04. The molecule has 6 nitrogen and oxygen atoms in total. The number of halogens is 1. The van der Waals surface area contributed by atoms with Crippen LogP contribution in [0.3, 0.4) is 0 Å². The maximum absolute atomic E-state index is 12.5. The minimum Gasteiger partial charge on any atom is -0.312 e. The summed E-state index contributed by atoms with van der Waals surface area (Å²) in [5, 5.41) is 0.817. The van der Waals surface area contributed by atoms with Crippen LogP contribution in [0.25, 0.3) is 11.2 Å². The van der Waals surface area contributed by atoms with E-state index < -0.39 is 0 Å². The Morgan fingerprint density at radius 1 is 1.42 bits per heavy atom. The predicted octanol–water partition coefficient (Wildman–Crippen LogP) is 0.631. The van der Waals surface area contributed by atoms with Crippen molar-refractivity contribution in [3.05, 3.63) is 20.8 Å². The highest BCUT2D eigenvalue weighted by atomic mass is 35.5. The Balaban J connectivity index is 2.34. The first kappa shape index (κ1) is 12.8. The zero-order valence-corrected chi connectivity index (χ0v) is 12.0. The lowest BCUT2D eigenvalue weighted by molar-refractivity contribution is 0.592. The van der Waals surface area contributed by atoms with Crippen LogP contribution in [0, 0.1) is 0 Å². The number of hydrogen-bond acceptors (Lipinski definition) is 4. The van der Waals surface area contributed by atoms with Gasteiger partial charge in [-0.05, 0) is 6.42 Å². The number of alkyl halides is 1. The summed E-state index contributed by atoms with van der Waals surface area (Å²) in [5.41, 5.74) is 0.407. The van der Waals surface area contributed by atoms with Crippen LogP contribution in [0.5, 0.6) is 0 Å².